The van der Waals surface area contributed by atoms with E-state index in [-0.39, 0.29) is 5.41 Å². The molecule has 0 amide bonds. The molecule has 0 bridgehead atoms. The molecule has 0 aromatic rings. The molecule has 16 heavy (non-hydrogen) atoms. The van der Waals surface area contributed by atoms with Crippen molar-refractivity contribution in [1.29, 1.82) is 0 Å². The third-order valence-electron chi connectivity index (χ3n) is 4.87. The first-order valence-corrected chi connectivity index (χ1v) is 6.45. The van der Waals surface area contributed by atoms with Crippen LogP contribution < -0.4 is 0 Å². The van der Waals surface area contributed by atoms with Crippen LogP contribution in [0.1, 0.15) is 46.5 Å². The van der Waals surface area contributed by atoms with Crippen LogP contribution in [-0.2, 0) is 0 Å². The van der Waals surface area contributed by atoms with E-state index < -0.39 is 5.60 Å². The van der Waals surface area contributed by atoms with E-state index in [2.05, 4.69) is 26.5 Å². The van der Waals surface area contributed by atoms with E-state index in [1.54, 1.807) is 0 Å². The largest absolute Gasteiger partial charge is 0.386 e. The van der Waals surface area contributed by atoms with Crippen LogP contribution in [0.2, 0.25) is 0 Å². The van der Waals surface area contributed by atoms with Crippen molar-refractivity contribution in [1.82, 2.24) is 0 Å². The molecule has 0 aromatic heterocycles. The molecule has 90 valence electrons. The van der Waals surface area contributed by atoms with Crippen LogP contribution in [0, 0.1) is 17.3 Å². The van der Waals surface area contributed by atoms with Gasteiger partial charge in [-0.05, 0) is 56.8 Å². The molecule has 2 aliphatic carbocycles. The Kier molecular flexibility index (Phi) is 2.78. The van der Waals surface area contributed by atoms with Gasteiger partial charge in [-0.25, -0.2) is 0 Å². The molecule has 1 fully saturated rings. The molecule has 1 nitrogen and oxygen atoms in total. The fourth-order valence-electron chi connectivity index (χ4n) is 3.67. The molecule has 1 heteroatoms. The Balaban J connectivity index is 2.32. The molecule has 2 rings (SSSR count). The highest BCUT2D eigenvalue weighted by Gasteiger charge is 2.48. The first-order chi connectivity index (χ1) is 7.37. The normalized spacial score (nSPS) is 47.5. The Morgan fingerprint density at radius 2 is 2.00 bits per heavy atom. The number of rotatable bonds is 1. The first kappa shape index (κ1) is 11.9. The fourth-order valence-corrected chi connectivity index (χ4v) is 3.67. The van der Waals surface area contributed by atoms with Crippen molar-refractivity contribution in [3.05, 3.63) is 24.3 Å². The van der Waals surface area contributed by atoms with E-state index in [1.165, 1.54) is 18.4 Å². The molecular weight excluding hydrogens is 196 g/mol. The first-order valence-electron chi connectivity index (χ1n) is 6.45. The van der Waals surface area contributed by atoms with Crippen LogP contribution in [0.5, 0.6) is 0 Å². The molecule has 4 atom stereocenters. The molecule has 0 aromatic carbocycles. The lowest BCUT2D eigenvalue weighted by atomic mass is 9.63. The maximum absolute atomic E-state index is 10.0. The monoisotopic (exact) mass is 220 g/mol. The van der Waals surface area contributed by atoms with E-state index in [0.29, 0.717) is 5.92 Å². The summed E-state index contributed by atoms with van der Waals surface area (Å²) in [5.74, 6) is 1.34. The van der Waals surface area contributed by atoms with Crippen LogP contribution in [0.15, 0.2) is 24.3 Å². The third-order valence-corrected chi connectivity index (χ3v) is 4.87. The van der Waals surface area contributed by atoms with Crippen LogP contribution in [0.4, 0.5) is 0 Å². The van der Waals surface area contributed by atoms with E-state index >= 15 is 0 Å². The van der Waals surface area contributed by atoms with Crippen LogP contribution >= 0.6 is 0 Å². The number of hydrogen-bond acceptors (Lipinski definition) is 1. The summed E-state index contributed by atoms with van der Waals surface area (Å²) in [6, 6.07) is 0. The van der Waals surface area contributed by atoms with Crippen molar-refractivity contribution in [2.75, 3.05) is 0 Å². The smallest absolute Gasteiger partial charge is 0.0800 e. The summed E-state index contributed by atoms with van der Waals surface area (Å²) in [6.07, 6.45) is 8.88. The summed E-state index contributed by atoms with van der Waals surface area (Å²) in [5, 5.41) is 10.0. The van der Waals surface area contributed by atoms with E-state index in [9.17, 15) is 5.11 Å². The Morgan fingerprint density at radius 1 is 1.31 bits per heavy atom. The van der Waals surface area contributed by atoms with Gasteiger partial charge < -0.3 is 5.11 Å². The van der Waals surface area contributed by atoms with Gasteiger partial charge in [0.05, 0.1) is 5.60 Å². The van der Waals surface area contributed by atoms with Gasteiger partial charge in [0, 0.05) is 0 Å². The Labute approximate surface area is 99.3 Å². The van der Waals surface area contributed by atoms with Gasteiger partial charge in [0.1, 0.15) is 0 Å². The van der Waals surface area contributed by atoms with Gasteiger partial charge in [0.2, 0.25) is 0 Å². The van der Waals surface area contributed by atoms with Crippen LogP contribution in [0.25, 0.3) is 0 Å². The summed E-state index contributed by atoms with van der Waals surface area (Å²) in [5.41, 5.74) is 1.01. The summed E-state index contributed by atoms with van der Waals surface area (Å²) >= 11 is 0. The van der Waals surface area contributed by atoms with E-state index in [0.717, 1.165) is 18.8 Å². The number of hydrogen-bond donors (Lipinski definition) is 1. The molecule has 0 heterocycles. The van der Waals surface area contributed by atoms with Crippen LogP contribution in [-0.4, -0.2) is 10.7 Å². The molecule has 1 spiro atoms. The second kappa shape index (κ2) is 3.73. The molecule has 1 saturated carbocycles. The summed E-state index contributed by atoms with van der Waals surface area (Å²) in [7, 11) is 0. The highest BCUT2D eigenvalue weighted by atomic mass is 16.3. The predicted octanol–water partition coefficient (Wildman–Crippen LogP) is 3.70. The van der Waals surface area contributed by atoms with Gasteiger partial charge >= 0.3 is 0 Å². The third kappa shape index (κ3) is 1.75. The highest BCUT2D eigenvalue weighted by molar-refractivity contribution is 5.22. The zero-order chi connectivity index (χ0) is 12.0. The lowest BCUT2D eigenvalue weighted by molar-refractivity contribution is 0.0585. The van der Waals surface area contributed by atoms with E-state index in [4.69, 9.17) is 0 Å². The van der Waals surface area contributed by atoms with Gasteiger partial charge in [0.15, 0.2) is 0 Å². The Morgan fingerprint density at radius 3 is 2.50 bits per heavy atom. The Bertz CT molecular complexity index is 326. The molecular formula is C15H24O. The minimum atomic E-state index is -0.590. The van der Waals surface area contributed by atoms with Crippen molar-refractivity contribution >= 4 is 0 Å². The lowest BCUT2D eigenvalue weighted by Crippen LogP contribution is -2.37. The van der Waals surface area contributed by atoms with Gasteiger partial charge in [-0.15, -0.1) is 0 Å². The zero-order valence-corrected chi connectivity index (χ0v) is 10.8. The second-order valence-corrected chi connectivity index (χ2v) is 6.18. The fraction of sp³-hybridized carbons (Fsp3) is 0.733. The summed E-state index contributed by atoms with van der Waals surface area (Å²) in [4.78, 5) is 0. The average Bonchev–Trinajstić information content (AvgIpc) is 2.50. The van der Waals surface area contributed by atoms with Gasteiger partial charge in [0.25, 0.3) is 0 Å². The minimum Gasteiger partial charge on any atom is -0.386 e. The van der Waals surface area contributed by atoms with Crippen molar-refractivity contribution in [2.45, 2.75) is 52.1 Å². The predicted molar refractivity (Wildman–Crippen MR) is 68.1 cm³/mol. The van der Waals surface area contributed by atoms with Crippen molar-refractivity contribution in [2.24, 2.45) is 17.3 Å². The van der Waals surface area contributed by atoms with Gasteiger partial charge in [-0.3, -0.25) is 0 Å². The van der Waals surface area contributed by atoms with Crippen molar-refractivity contribution in [3.63, 3.8) is 0 Å². The molecule has 0 radical (unpaired) electrons. The average molecular weight is 220 g/mol. The van der Waals surface area contributed by atoms with Gasteiger partial charge in [-0.2, -0.15) is 0 Å². The molecule has 0 saturated heterocycles. The van der Waals surface area contributed by atoms with Gasteiger partial charge in [-0.1, -0.05) is 31.2 Å². The topological polar surface area (TPSA) is 20.2 Å². The lowest BCUT2D eigenvalue weighted by Gasteiger charge is -2.42. The maximum Gasteiger partial charge on any atom is 0.0800 e. The zero-order valence-electron chi connectivity index (χ0n) is 10.8. The molecule has 1 N–H and O–H groups in total. The maximum atomic E-state index is 10.0. The highest BCUT2D eigenvalue weighted by Crippen LogP contribution is 2.56. The number of allylic oxidation sites excluding steroid dienone is 2. The second-order valence-electron chi connectivity index (χ2n) is 6.18. The number of aliphatic hydroxyl groups is 1. The SMILES string of the molecule is C=C(C)[C@H]1CC[C@@H](C)[C@@]12C=CC(C)(O)CC2. The quantitative estimate of drug-likeness (QED) is 0.668. The van der Waals surface area contributed by atoms with Crippen molar-refractivity contribution in [3.8, 4) is 0 Å². The minimum absolute atomic E-state index is 0.286. The van der Waals surface area contributed by atoms with Crippen molar-refractivity contribution < 1.29 is 5.11 Å². The summed E-state index contributed by atoms with van der Waals surface area (Å²) < 4.78 is 0. The molecule has 0 aliphatic heterocycles. The molecule has 2 aliphatic rings. The summed E-state index contributed by atoms with van der Waals surface area (Å²) in [6.45, 7) is 10.6. The van der Waals surface area contributed by atoms with E-state index in [1.807, 2.05) is 13.0 Å². The standard InChI is InChI=1S/C15H24O/c1-11(2)13-6-5-12(3)15(13)9-7-14(4,16)8-10-15/h7,9,12-13,16H,1,5-6,8,10H2,2-4H3/t12-,13-,14?,15+/m1/s1. The molecule has 1 unspecified atom stereocenters. The van der Waals surface area contributed by atoms with Crippen LogP contribution in [0.3, 0.4) is 0 Å². The Hall–Kier alpha value is -0.560.